The molecule has 1 aliphatic rings. The van der Waals surface area contributed by atoms with E-state index in [0.717, 1.165) is 17.1 Å². The van der Waals surface area contributed by atoms with Gasteiger partial charge in [0.25, 0.3) is 0 Å². The highest BCUT2D eigenvalue weighted by Crippen LogP contribution is 2.30. The zero-order valence-corrected chi connectivity index (χ0v) is 7.41. The molecule has 0 amide bonds. The van der Waals surface area contributed by atoms with Gasteiger partial charge < -0.3 is 9.47 Å². The third kappa shape index (κ3) is 1.43. The molecule has 2 heteroatoms. The highest BCUT2D eigenvalue weighted by Gasteiger charge is 2.08. The predicted octanol–water partition coefficient (Wildman–Crippen LogP) is 2.61. The molecule has 0 atom stereocenters. The van der Waals surface area contributed by atoms with Crippen LogP contribution in [0, 0.1) is 0 Å². The summed E-state index contributed by atoms with van der Waals surface area (Å²) in [7, 11) is 1.63. The van der Waals surface area contributed by atoms with Crippen LogP contribution in [0.1, 0.15) is 5.56 Å². The summed E-state index contributed by atoms with van der Waals surface area (Å²) >= 11 is 0. The summed E-state index contributed by atoms with van der Waals surface area (Å²) in [6.45, 7) is 3.72. The molecule has 0 N–H and O–H groups in total. The van der Waals surface area contributed by atoms with E-state index in [-0.39, 0.29) is 0 Å². The molecule has 0 saturated carbocycles. The van der Waals surface area contributed by atoms with Gasteiger partial charge in [0.15, 0.2) is 0 Å². The summed E-state index contributed by atoms with van der Waals surface area (Å²) in [6, 6.07) is 5.71. The summed E-state index contributed by atoms with van der Waals surface area (Å²) in [6.07, 6.45) is 3.81. The first-order valence-corrected chi connectivity index (χ1v) is 4.02. The van der Waals surface area contributed by atoms with Crippen LogP contribution in [0.15, 0.2) is 36.6 Å². The van der Waals surface area contributed by atoms with Crippen LogP contribution < -0.4 is 9.47 Å². The SMILES string of the molecule is C=C1C=Cc2ccc(OC)cc2O1. The number of methoxy groups -OCH3 is 1. The maximum Gasteiger partial charge on any atom is 0.138 e. The van der Waals surface area contributed by atoms with Crippen LogP contribution in [0.3, 0.4) is 0 Å². The van der Waals surface area contributed by atoms with Gasteiger partial charge in [-0.2, -0.15) is 0 Å². The van der Waals surface area contributed by atoms with Gasteiger partial charge >= 0.3 is 0 Å². The van der Waals surface area contributed by atoms with Gasteiger partial charge in [-0.3, -0.25) is 0 Å². The van der Waals surface area contributed by atoms with Crippen LogP contribution in [0.4, 0.5) is 0 Å². The molecular formula is C11H10O2. The lowest BCUT2D eigenvalue weighted by Gasteiger charge is -2.14. The Balaban J connectivity index is 2.46. The highest BCUT2D eigenvalue weighted by atomic mass is 16.5. The third-order valence-corrected chi connectivity index (χ3v) is 1.91. The molecule has 2 rings (SSSR count). The van der Waals surface area contributed by atoms with Crippen molar-refractivity contribution in [3.63, 3.8) is 0 Å². The molecule has 0 spiro atoms. The van der Waals surface area contributed by atoms with Gasteiger partial charge in [-0.15, -0.1) is 0 Å². The van der Waals surface area contributed by atoms with E-state index in [4.69, 9.17) is 9.47 Å². The van der Waals surface area contributed by atoms with Crippen LogP contribution in [0.5, 0.6) is 11.5 Å². The quantitative estimate of drug-likeness (QED) is 0.651. The van der Waals surface area contributed by atoms with Crippen molar-refractivity contribution in [3.05, 3.63) is 42.2 Å². The van der Waals surface area contributed by atoms with Crippen LogP contribution in [-0.4, -0.2) is 7.11 Å². The number of fused-ring (bicyclic) bond motifs is 1. The number of hydrogen-bond acceptors (Lipinski definition) is 2. The fraction of sp³-hybridized carbons (Fsp3) is 0.0909. The molecule has 1 heterocycles. The zero-order valence-electron chi connectivity index (χ0n) is 7.41. The normalized spacial score (nSPS) is 13.5. The number of allylic oxidation sites excluding steroid dienone is 1. The molecule has 0 aromatic heterocycles. The van der Waals surface area contributed by atoms with Crippen molar-refractivity contribution in [2.45, 2.75) is 0 Å². The Morgan fingerprint density at radius 2 is 2.15 bits per heavy atom. The second-order valence-electron chi connectivity index (χ2n) is 2.81. The van der Waals surface area contributed by atoms with E-state index in [9.17, 15) is 0 Å². The largest absolute Gasteiger partial charge is 0.497 e. The summed E-state index contributed by atoms with van der Waals surface area (Å²) < 4.78 is 10.5. The van der Waals surface area contributed by atoms with E-state index in [2.05, 4.69) is 6.58 Å². The molecule has 2 nitrogen and oxygen atoms in total. The monoisotopic (exact) mass is 174 g/mol. The lowest BCUT2D eigenvalue weighted by Crippen LogP contribution is -1.97. The van der Waals surface area contributed by atoms with Gasteiger partial charge in [-0.25, -0.2) is 0 Å². The number of rotatable bonds is 1. The standard InChI is InChI=1S/C11H10O2/c1-8-3-4-9-5-6-10(12-2)7-11(9)13-8/h3-7H,1H2,2H3. The Labute approximate surface area is 77.1 Å². The van der Waals surface area contributed by atoms with Gasteiger partial charge in [0, 0.05) is 11.6 Å². The first kappa shape index (κ1) is 7.92. The number of hydrogen-bond donors (Lipinski definition) is 0. The van der Waals surface area contributed by atoms with Crippen molar-refractivity contribution in [2.75, 3.05) is 7.11 Å². The molecule has 0 unspecified atom stereocenters. The second kappa shape index (κ2) is 2.98. The summed E-state index contributed by atoms with van der Waals surface area (Å²) in [5.74, 6) is 2.24. The first-order valence-electron chi connectivity index (χ1n) is 4.02. The van der Waals surface area contributed by atoms with E-state index in [1.165, 1.54) is 0 Å². The molecule has 1 aromatic rings. The average Bonchev–Trinajstić information content (AvgIpc) is 2.16. The first-order chi connectivity index (χ1) is 6.29. The molecule has 1 aliphatic heterocycles. The molecule has 1 aromatic carbocycles. The van der Waals surface area contributed by atoms with E-state index in [0.29, 0.717) is 5.76 Å². The van der Waals surface area contributed by atoms with Crippen molar-refractivity contribution in [2.24, 2.45) is 0 Å². The minimum atomic E-state index is 0.653. The van der Waals surface area contributed by atoms with Crippen LogP contribution in [-0.2, 0) is 0 Å². The molecular weight excluding hydrogens is 164 g/mol. The fourth-order valence-corrected chi connectivity index (χ4v) is 1.23. The predicted molar refractivity (Wildman–Crippen MR) is 51.8 cm³/mol. The van der Waals surface area contributed by atoms with E-state index >= 15 is 0 Å². The highest BCUT2D eigenvalue weighted by molar-refractivity contribution is 5.63. The molecule has 0 aliphatic carbocycles. The lowest BCUT2D eigenvalue weighted by atomic mass is 10.1. The van der Waals surface area contributed by atoms with Crippen molar-refractivity contribution in [3.8, 4) is 11.5 Å². The van der Waals surface area contributed by atoms with Gasteiger partial charge in [-0.1, -0.05) is 6.58 Å². The summed E-state index contributed by atoms with van der Waals surface area (Å²) in [4.78, 5) is 0. The van der Waals surface area contributed by atoms with E-state index < -0.39 is 0 Å². The Morgan fingerprint density at radius 1 is 1.31 bits per heavy atom. The molecule has 0 bridgehead atoms. The Kier molecular flexibility index (Phi) is 1.81. The average molecular weight is 174 g/mol. The minimum absolute atomic E-state index is 0.653. The van der Waals surface area contributed by atoms with Gasteiger partial charge in [0.2, 0.25) is 0 Å². The number of benzene rings is 1. The van der Waals surface area contributed by atoms with Crippen molar-refractivity contribution in [1.82, 2.24) is 0 Å². The van der Waals surface area contributed by atoms with Crippen LogP contribution >= 0.6 is 0 Å². The smallest absolute Gasteiger partial charge is 0.138 e. The number of ether oxygens (including phenoxy) is 2. The van der Waals surface area contributed by atoms with Crippen LogP contribution in [0.2, 0.25) is 0 Å². The molecule has 0 fully saturated rings. The second-order valence-corrected chi connectivity index (χ2v) is 2.81. The van der Waals surface area contributed by atoms with Crippen LogP contribution in [0.25, 0.3) is 6.08 Å². The van der Waals surface area contributed by atoms with Crippen molar-refractivity contribution >= 4 is 6.08 Å². The van der Waals surface area contributed by atoms with Crippen molar-refractivity contribution < 1.29 is 9.47 Å². The topological polar surface area (TPSA) is 18.5 Å². The lowest BCUT2D eigenvalue weighted by molar-refractivity contribution is 0.403. The zero-order chi connectivity index (χ0) is 9.26. The Bertz CT molecular complexity index is 378. The van der Waals surface area contributed by atoms with Crippen molar-refractivity contribution in [1.29, 1.82) is 0 Å². The van der Waals surface area contributed by atoms with E-state index in [1.807, 2.05) is 30.4 Å². The van der Waals surface area contributed by atoms with E-state index in [1.54, 1.807) is 7.11 Å². The Morgan fingerprint density at radius 3 is 2.92 bits per heavy atom. The van der Waals surface area contributed by atoms with Gasteiger partial charge in [-0.05, 0) is 24.3 Å². The maximum absolute atomic E-state index is 5.41. The van der Waals surface area contributed by atoms with Gasteiger partial charge in [0.1, 0.15) is 17.3 Å². The minimum Gasteiger partial charge on any atom is -0.497 e. The fourth-order valence-electron chi connectivity index (χ4n) is 1.23. The summed E-state index contributed by atoms with van der Waals surface area (Å²) in [5, 5.41) is 0. The Hall–Kier alpha value is -1.70. The molecule has 0 radical (unpaired) electrons. The summed E-state index contributed by atoms with van der Waals surface area (Å²) in [5.41, 5.74) is 1.05. The molecule has 0 saturated heterocycles. The molecule has 66 valence electrons. The molecule has 13 heavy (non-hydrogen) atoms. The van der Waals surface area contributed by atoms with Gasteiger partial charge in [0.05, 0.1) is 7.11 Å². The third-order valence-electron chi connectivity index (χ3n) is 1.91. The maximum atomic E-state index is 5.41.